The average molecular weight is 210 g/mol. The van der Waals surface area contributed by atoms with E-state index >= 15 is 0 Å². The first-order chi connectivity index (χ1) is 6.81. The average Bonchev–Trinajstić information content (AvgIpc) is 2.17. The topological polar surface area (TPSA) is 0 Å². The lowest BCUT2D eigenvalue weighted by molar-refractivity contribution is 0.130. The SMILES string of the molecule is C=CCC(C)(CC)C(C)CC(C)(C)CC. The minimum Gasteiger partial charge on any atom is -0.103 e. The molecule has 0 aliphatic heterocycles. The van der Waals surface area contributed by atoms with Crippen molar-refractivity contribution >= 4 is 0 Å². The van der Waals surface area contributed by atoms with Crippen molar-refractivity contribution in [2.45, 2.75) is 67.2 Å². The van der Waals surface area contributed by atoms with Gasteiger partial charge in [0.2, 0.25) is 0 Å². The minimum absolute atomic E-state index is 0.439. The molecule has 0 aromatic rings. The van der Waals surface area contributed by atoms with Gasteiger partial charge in [-0.3, -0.25) is 0 Å². The highest BCUT2D eigenvalue weighted by atomic mass is 14.4. The quantitative estimate of drug-likeness (QED) is 0.491. The van der Waals surface area contributed by atoms with Gasteiger partial charge in [0.15, 0.2) is 0 Å². The van der Waals surface area contributed by atoms with E-state index in [2.05, 4.69) is 54.2 Å². The summed E-state index contributed by atoms with van der Waals surface area (Å²) in [6.45, 7) is 18.1. The van der Waals surface area contributed by atoms with Crippen molar-refractivity contribution in [1.29, 1.82) is 0 Å². The molecule has 0 N–H and O–H groups in total. The molecule has 0 saturated carbocycles. The second-order valence-corrected chi connectivity index (χ2v) is 6.12. The molecular weight excluding hydrogens is 180 g/mol. The van der Waals surface area contributed by atoms with E-state index in [9.17, 15) is 0 Å². The molecule has 0 aliphatic carbocycles. The molecule has 0 fully saturated rings. The van der Waals surface area contributed by atoms with Crippen LogP contribution in [0.15, 0.2) is 12.7 Å². The standard InChI is InChI=1S/C15H30/c1-8-11-15(7,10-3)13(4)12-14(5,6)9-2/h8,13H,1,9-12H2,2-7H3. The Labute approximate surface area is 97.2 Å². The molecule has 0 rings (SSSR count). The van der Waals surface area contributed by atoms with Crippen LogP contribution < -0.4 is 0 Å². The molecule has 0 heteroatoms. The maximum Gasteiger partial charge on any atom is -0.0268 e. The third-order valence-electron chi connectivity index (χ3n) is 4.42. The predicted octanol–water partition coefficient (Wildman–Crippen LogP) is 5.44. The van der Waals surface area contributed by atoms with E-state index < -0.39 is 0 Å². The van der Waals surface area contributed by atoms with Crippen molar-refractivity contribution in [2.24, 2.45) is 16.7 Å². The van der Waals surface area contributed by atoms with Gasteiger partial charge in [-0.05, 0) is 29.6 Å². The Morgan fingerprint density at radius 1 is 1.13 bits per heavy atom. The second-order valence-electron chi connectivity index (χ2n) is 6.12. The summed E-state index contributed by atoms with van der Waals surface area (Å²) < 4.78 is 0. The summed E-state index contributed by atoms with van der Waals surface area (Å²) in [5.74, 6) is 0.774. The predicted molar refractivity (Wildman–Crippen MR) is 71.1 cm³/mol. The van der Waals surface area contributed by atoms with Gasteiger partial charge in [0.1, 0.15) is 0 Å². The number of rotatable bonds is 7. The number of hydrogen-bond acceptors (Lipinski definition) is 0. The molecule has 0 spiro atoms. The van der Waals surface area contributed by atoms with E-state index in [1.165, 1.54) is 19.3 Å². The van der Waals surface area contributed by atoms with Crippen molar-refractivity contribution in [3.05, 3.63) is 12.7 Å². The first-order valence-electron chi connectivity index (χ1n) is 6.42. The molecule has 2 atom stereocenters. The van der Waals surface area contributed by atoms with Crippen molar-refractivity contribution in [3.63, 3.8) is 0 Å². The van der Waals surface area contributed by atoms with Crippen LogP contribution in [-0.4, -0.2) is 0 Å². The molecular formula is C15H30. The van der Waals surface area contributed by atoms with Crippen molar-refractivity contribution in [3.8, 4) is 0 Å². The molecule has 0 aliphatic rings. The molecule has 90 valence electrons. The Morgan fingerprint density at radius 3 is 2.00 bits per heavy atom. The first kappa shape index (κ1) is 14.7. The summed E-state index contributed by atoms with van der Waals surface area (Å²) >= 11 is 0. The van der Waals surface area contributed by atoms with Crippen molar-refractivity contribution in [1.82, 2.24) is 0 Å². The second kappa shape index (κ2) is 5.72. The normalized spacial score (nSPS) is 18.3. The zero-order valence-electron chi connectivity index (χ0n) is 11.7. The molecule has 2 unspecified atom stereocenters. The third kappa shape index (κ3) is 4.40. The fourth-order valence-corrected chi connectivity index (χ4v) is 2.24. The molecule has 0 heterocycles. The zero-order chi connectivity index (χ0) is 12.1. The highest BCUT2D eigenvalue weighted by Crippen LogP contribution is 2.42. The Bertz CT molecular complexity index is 190. The Kier molecular flexibility index (Phi) is 5.62. The molecule has 0 amide bonds. The Morgan fingerprint density at radius 2 is 1.67 bits per heavy atom. The highest BCUT2D eigenvalue weighted by Gasteiger charge is 2.31. The van der Waals surface area contributed by atoms with Crippen LogP contribution in [0.4, 0.5) is 0 Å². The fraction of sp³-hybridized carbons (Fsp3) is 0.867. The monoisotopic (exact) mass is 210 g/mol. The van der Waals surface area contributed by atoms with Gasteiger partial charge in [0.25, 0.3) is 0 Å². The van der Waals surface area contributed by atoms with Gasteiger partial charge in [0.05, 0.1) is 0 Å². The molecule has 0 aromatic heterocycles. The van der Waals surface area contributed by atoms with Gasteiger partial charge < -0.3 is 0 Å². The van der Waals surface area contributed by atoms with Crippen LogP contribution in [0, 0.1) is 16.7 Å². The van der Waals surface area contributed by atoms with Gasteiger partial charge >= 0.3 is 0 Å². The number of hydrogen-bond donors (Lipinski definition) is 0. The summed E-state index contributed by atoms with van der Waals surface area (Å²) in [5, 5.41) is 0. The van der Waals surface area contributed by atoms with Gasteiger partial charge in [-0.2, -0.15) is 0 Å². The highest BCUT2D eigenvalue weighted by molar-refractivity contribution is 4.88. The summed E-state index contributed by atoms with van der Waals surface area (Å²) in [6.07, 6.45) is 7.07. The van der Waals surface area contributed by atoms with Crippen LogP contribution in [0.5, 0.6) is 0 Å². The van der Waals surface area contributed by atoms with Crippen molar-refractivity contribution in [2.75, 3.05) is 0 Å². The number of allylic oxidation sites excluding steroid dienone is 1. The molecule has 0 saturated heterocycles. The van der Waals surface area contributed by atoms with E-state index in [0.29, 0.717) is 10.8 Å². The summed E-state index contributed by atoms with van der Waals surface area (Å²) in [4.78, 5) is 0. The van der Waals surface area contributed by atoms with E-state index in [1.807, 2.05) is 0 Å². The first-order valence-corrected chi connectivity index (χ1v) is 6.42. The van der Waals surface area contributed by atoms with Crippen LogP contribution in [0.3, 0.4) is 0 Å². The van der Waals surface area contributed by atoms with Crippen molar-refractivity contribution < 1.29 is 0 Å². The lowest BCUT2D eigenvalue weighted by atomic mass is 9.67. The van der Waals surface area contributed by atoms with Gasteiger partial charge in [-0.1, -0.05) is 60.5 Å². The maximum absolute atomic E-state index is 3.89. The van der Waals surface area contributed by atoms with Crippen LogP contribution >= 0.6 is 0 Å². The molecule has 15 heavy (non-hydrogen) atoms. The smallest absolute Gasteiger partial charge is 0.0268 e. The van der Waals surface area contributed by atoms with E-state index in [-0.39, 0.29) is 0 Å². The van der Waals surface area contributed by atoms with E-state index in [1.54, 1.807) is 0 Å². The lowest BCUT2D eigenvalue weighted by Crippen LogP contribution is -2.28. The van der Waals surface area contributed by atoms with Crippen LogP contribution in [0.25, 0.3) is 0 Å². The molecule has 0 radical (unpaired) electrons. The van der Waals surface area contributed by atoms with E-state index in [0.717, 1.165) is 12.3 Å². The molecule has 0 nitrogen and oxygen atoms in total. The molecule has 0 aromatic carbocycles. The van der Waals surface area contributed by atoms with E-state index in [4.69, 9.17) is 0 Å². The zero-order valence-corrected chi connectivity index (χ0v) is 11.7. The Hall–Kier alpha value is -0.260. The largest absolute Gasteiger partial charge is 0.103 e. The molecule has 0 bridgehead atoms. The fourth-order valence-electron chi connectivity index (χ4n) is 2.24. The van der Waals surface area contributed by atoms with Gasteiger partial charge in [-0.25, -0.2) is 0 Å². The van der Waals surface area contributed by atoms with Gasteiger partial charge in [0, 0.05) is 0 Å². The van der Waals surface area contributed by atoms with Crippen LogP contribution in [-0.2, 0) is 0 Å². The summed E-state index contributed by atoms with van der Waals surface area (Å²) in [6, 6.07) is 0. The summed E-state index contributed by atoms with van der Waals surface area (Å²) in [7, 11) is 0. The van der Waals surface area contributed by atoms with Crippen LogP contribution in [0.1, 0.15) is 67.2 Å². The summed E-state index contributed by atoms with van der Waals surface area (Å²) in [5.41, 5.74) is 0.922. The Balaban J connectivity index is 4.52. The maximum atomic E-state index is 3.89. The van der Waals surface area contributed by atoms with Crippen LogP contribution in [0.2, 0.25) is 0 Å². The third-order valence-corrected chi connectivity index (χ3v) is 4.42. The van der Waals surface area contributed by atoms with Gasteiger partial charge in [-0.15, -0.1) is 6.58 Å². The minimum atomic E-state index is 0.439. The lowest BCUT2D eigenvalue weighted by Gasteiger charge is -2.38.